The zero-order valence-corrected chi connectivity index (χ0v) is 31.1. The number of carboxylic acids is 4. The van der Waals surface area contributed by atoms with Crippen molar-refractivity contribution in [1.29, 1.82) is 0 Å². The molecule has 175 valence electrons. The standard InChI is InChI=1S/C10H16N2O8.CH2O.Cu.5Na.H2O4S.H2O/c13-7(14)3-11(4-8(15)16)1-2-12(5-9(17)18)6-10(19)20;1-2;;;;;;;1-5(2,3)4;/h1-6H2,(H,13,14)(H,15,16)(H,17,18)(H,19,20);1H2;;;;;;;(H2,1,2,3,4);1H2/q;;+2;5*+1;;/p-7. The molecule has 0 bridgehead atoms. The van der Waals surface area contributed by atoms with Crippen LogP contribution in [0.4, 0.5) is 0 Å². The predicted molar refractivity (Wildman–Crippen MR) is 72.4 cm³/mol. The van der Waals surface area contributed by atoms with Crippen LogP contribution >= 0.6 is 0 Å². The Morgan fingerprint density at radius 1 is 0.588 bits per heavy atom. The fourth-order valence-corrected chi connectivity index (χ4v) is 1.44. The molecule has 0 amide bonds. The molecule has 0 heterocycles. The van der Waals surface area contributed by atoms with E-state index in [1.165, 1.54) is 0 Å². The summed E-state index contributed by atoms with van der Waals surface area (Å²) in [7, 11) is -5.17. The fourth-order valence-electron chi connectivity index (χ4n) is 1.44. The van der Waals surface area contributed by atoms with Gasteiger partial charge in [-0.1, -0.05) is 0 Å². The van der Waals surface area contributed by atoms with Crippen molar-refractivity contribution in [1.82, 2.24) is 9.80 Å². The molecule has 0 fully saturated rings. The molecule has 1 radical (unpaired) electrons. The number of hydrogen-bond donors (Lipinski definition) is 0. The number of carbonyl (C=O) groups excluding carboxylic acids is 5. The van der Waals surface area contributed by atoms with Gasteiger partial charge in [0.05, 0.1) is 23.9 Å². The maximum Gasteiger partial charge on any atom is 2.00 e. The third-order valence-corrected chi connectivity index (χ3v) is 2.14. The molecule has 0 saturated heterocycles. The molecule has 0 aromatic heterocycles. The first kappa shape index (κ1) is 65.7. The van der Waals surface area contributed by atoms with Gasteiger partial charge in [0.15, 0.2) is 0 Å². The van der Waals surface area contributed by atoms with Crippen LogP contribution in [0.3, 0.4) is 0 Å². The Morgan fingerprint density at radius 2 is 0.706 bits per heavy atom. The summed E-state index contributed by atoms with van der Waals surface area (Å²) in [6, 6.07) is 0. The van der Waals surface area contributed by atoms with Gasteiger partial charge in [-0.2, -0.15) is 0 Å². The molecule has 0 aliphatic heterocycles. The zero-order valence-electron chi connectivity index (χ0n) is 19.3. The van der Waals surface area contributed by atoms with Crippen LogP contribution in [-0.2, 0) is 51.4 Å². The molecule has 23 heteroatoms. The molecule has 0 atom stereocenters. The number of carboxylic acid groups (broad SMARTS) is 4. The molecule has 0 unspecified atom stereocenters. The number of aliphatic carboxylic acids is 4. The van der Waals surface area contributed by atoms with Gasteiger partial charge in [0.1, 0.15) is 6.79 Å². The molecule has 0 saturated carbocycles. The van der Waals surface area contributed by atoms with Crippen molar-refractivity contribution >= 4 is 41.1 Å². The van der Waals surface area contributed by atoms with Crippen LogP contribution < -0.4 is 168 Å². The fraction of sp³-hybridized carbons (Fsp3) is 0.545. The van der Waals surface area contributed by atoms with Gasteiger partial charge < -0.3 is 59.0 Å². The number of carbonyl (C=O) groups is 5. The summed E-state index contributed by atoms with van der Waals surface area (Å²) in [4.78, 5) is 51.4. The molecular weight excluding hydrogens is 595 g/mol. The summed E-state index contributed by atoms with van der Waals surface area (Å²) < 4.78 is 34.1. The zero-order chi connectivity index (χ0) is 22.2. The maximum atomic E-state index is 10.4. The van der Waals surface area contributed by atoms with E-state index in [9.17, 15) is 39.6 Å². The largest absolute Gasteiger partial charge is 2.00 e. The number of rotatable bonds is 11. The minimum atomic E-state index is -5.17. The summed E-state index contributed by atoms with van der Waals surface area (Å²) in [5.41, 5.74) is 0. The Bertz CT molecular complexity index is 543. The number of nitrogens with zero attached hydrogens (tertiary/aromatic N) is 2. The van der Waals surface area contributed by atoms with Crippen LogP contribution in [0.15, 0.2) is 0 Å². The average Bonchev–Trinajstić information content (AvgIpc) is 2.42. The van der Waals surface area contributed by atoms with Crippen molar-refractivity contribution in [3.63, 3.8) is 0 Å². The molecule has 1 N–H and O–H groups in total. The Hall–Kier alpha value is 2.82. The van der Waals surface area contributed by atoms with Crippen LogP contribution in [0.1, 0.15) is 0 Å². The van der Waals surface area contributed by atoms with E-state index < -0.39 is 60.5 Å². The van der Waals surface area contributed by atoms with Crippen LogP contribution in [0.25, 0.3) is 0 Å². The van der Waals surface area contributed by atoms with Gasteiger partial charge in [0, 0.05) is 49.7 Å². The normalized spacial score (nSPS) is 8.12. The van der Waals surface area contributed by atoms with Crippen LogP contribution in [0.2, 0.25) is 0 Å². The molecule has 0 aliphatic carbocycles. The molecule has 0 rings (SSSR count). The summed E-state index contributed by atoms with van der Waals surface area (Å²) in [5.74, 6) is -6.12. The Balaban J connectivity index is -0.0000000458. The Labute approximate surface area is 317 Å². The van der Waals surface area contributed by atoms with Gasteiger partial charge in [0.25, 0.3) is 0 Å². The second-order valence-corrected chi connectivity index (χ2v) is 5.13. The van der Waals surface area contributed by atoms with Crippen LogP contribution in [0.5, 0.6) is 0 Å². The third kappa shape index (κ3) is 70.2. The van der Waals surface area contributed by atoms with Gasteiger partial charge in [-0.15, -0.1) is 0 Å². The summed E-state index contributed by atoms with van der Waals surface area (Å²) in [6.45, 7) is -1.25. The Morgan fingerprint density at radius 3 is 0.794 bits per heavy atom. The first-order valence-electron chi connectivity index (χ1n) is 6.40. The maximum absolute atomic E-state index is 10.4. The van der Waals surface area contributed by atoms with E-state index in [0.717, 1.165) is 9.80 Å². The van der Waals surface area contributed by atoms with E-state index in [4.69, 9.17) is 22.3 Å². The van der Waals surface area contributed by atoms with Crippen LogP contribution in [0, 0.1) is 0 Å². The first-order chi connectivity index (χ1) is 12.2. The minimum absolute atomic E-state index is 0. The van der Waals surface area contributed by atoms with E-state index in [1.54, 1.807) is 0 Å². The average molecular weight is 610 g/mol. The predicted octanol–water partition coefficient (Wildman–Crippen LogP) is -24.1. The Kier molecular flexibility index (Phi) is 77.9. The molecule has 0 aliphatic rings. The van der Waals surface area contributed by atoms with Crippen molar-refractivity contribution in [2.24, 2.45) is 0 Å². The molecule has 16 nitrogen and oxygen atoms in total. The second kappa shape index (κ2) is 40.3. The van der Waals surface area contributed by atoms with Crippen molar-refractivity contribution in [2.75, 3.05) is 39.3 Å². The van der Waals surface area contributed by atoms with Crippen LogP contribution in [-0.4, -0.2) is 103 Å². The van der Waals surface area contributed by atoms with Gasteiger partial charge in [-0.3, -0.25) is 18.2 Å². The molecular formula is C11H15CuN2Na5O14S. The summed E-state index contributed by atoms with van der Waals surface area (Å²) in [6.07, 6.45) is 0. The SMILES string of the molecule is C=O.O=C([O-])CN(CCN(CC(=O)[O-])CC(=O)[O-])CC(=O)[O-].O=S(=O)([O-])[O-].[Cu+2].[Na+].[Na+].[Na+].[Na+].[Na+].[OH-]. The number of hydrogen-bond acceptors (Lipinski definition) is 16. The van der Waals surface area contributed by atoms with E-state index in [0.29, 0.717) is 0 Å². The van der Waals surface area contributed by atoms with E-state index >= 15 is 0 Å². The van der Waals surface area contributed by atoms with Crippen molar-refractivity contribution < 1.29 is 232 Å². The molecule has 0 spiro atoms. The third-order valence-electron chi connectivity index (χ3n) is 2.14. The van der Waals surface area contributed by atoms with Gasteiger partial charge >= 0.3 is 165 Å². The van der Waals surface area contributed by atoms with E-state index in [1.807, 2.05) is 6.79 Å². The van der Waals surface area contributed by atoms with E-state index in [2.05, 4.69) is 0 Å². The van der Waals surface area contributed by atoms with Crippen molar-refractivity contribution in [3.8, 4) is 0 Å². The van der Waals surface area contributed by atoms with E-state index in [-0.39, 0.29) is 183 Å². The van der Waals surface area contributed by atoms with Gasteiger partial charge in [-0.05, 0) is 0 Å². The minimum Gasteiger partial charge on any atom is -0.870 e. The second-order valence-electron chi connectivity index (χ2n) is 4.32. The smallest absolute Gasteiger partial charge is 0.870 e. The van der Waals surface area contributed by atoms with Crippen molar-refractivity contribution in [2.45, 2.75) is 0 Å². The topological polar surface area (TPSA) is 294 Å². The quantitative estimate of drug-likeness (QED) is 0.119. The molecule has 0 aromatic rings. The summed E-state index contributed by atoms with van der Waals surface area (Å²) >= 11 is 0. The van der Waals surface area contributed by atoms with Gasteiger partial charge in [-0.25, -0.2) is 0 Å². The monoisotopic (exact) mass is 609 g/mol. The summed E-state index contributed by atoms with van der Waals surface area (Å²) in [5, 5.41) is 41.6. The van der Waals surface area contributed by atoms with Crippen molar-refractivity contribution in [3.05, 3.63) is 0 Å². The van der Waals surface area contributed by atoms with Gasteiger partial charge in [0.2, 0.25) is 0 Å². The molecule has 0 aromatic carbocycles. The first-order valence-corrected chi connectivity index (χ1v) is 7.73. The molecule has 34 heavy (non-hydrogen) atoms.